The summed E-state index contributed by atoms with van der Waals surface area (Å²) in [5.41, 5.74) is 5.11. The number of nitrogens with one attached hydrogen (secondary N) is 2. The number of imidazole rings is 1. The van der Waals surface area contributed by atoms with Crippen LogP contribution in [0.25, 0.3) is 22.4 Å². The van der Waals surface area contributed by atoms with Crippen molar-refractivity contribution in [3.8, 4) is 11.4 Å². The Balaban J connectivity index is 1.61. The van der Waals surface area contributed by atoms with E-state index in [1.54, 1.807) is 18.2 Å². The van der Waals surface area contributed by atoms with Crippen molar-refractivity contribution in [2.45, 2.75) is 38.0 Å². The van der Waals surface area contributed by atoms with Crippen molar-refractivity contribution in [2.75, 3.05) is 4.72 Å². The highest BCUT2D eigenvalue weighted by Crippen LogP contribution is 2.25. The summed E-state index contributed by atoms with van der Waals surface area (Å²) in [6.45, 7) is 4.09. The van der Waals surface area contributed by atoms with Gasteiger partial charge in [0.2, 0.25) is 0 Å². The van der Waals surface area contributed by atoms with Gasteiger partial charge in [0.05, 0.1) is 21.6 Å². The standard InChI is InChI=1S/C24H25N3O2S/c1-3-4-8-18-11-13-21(17(2)15-18)27-30(28,29)20-12-14-22-23(16-20)26-24(25-22)19-9-6-5-7-10-19/h5-7,9-16,27H,3-4,8H2,1-2H3,(H,25,26). The van der Waals surface area contributed by atoms with Crippen molar-refractivity contribution in [1.82, 2.24) is 9.97 Å². The van der Waals surface area contributed by atoms with Crippen LogP contribution in [0.2, 0.25) is 0 Å². The molecule has 0 aliphatic rings. The summed E-state index contributed by atoms with van der Waals surface area (Å²) in [4.78, 5) is 7.99. The molecule has 1 heterocycles. The Morgan fingerprint density at radius 3 is 2.53 bits per heavy atom. The molecule has 4 aromatic rings. The van der Waals surface area contributed by atoms with Gasteiger partial charge >= 0.3 is 0 Å². The molecule has 0 radical (unpaired) electrons. The number of nitrogens with zero attached hydrogens (tertiary/aromatic N) is 1. The number of hydrogen-bond acceptors (Lipinski definition) is 3. The maximum atomic E-state index is 13.0. The van der Waals surface area contributed by atoms with E-state index in [0.717, 1.165) is 35.9 Å². The number of benzene rings is 3. The van der Waals surface area contributed by atoms with E-state index in [-0.39, 0.29) is 4.90 Å². The van der Waals surface area contributed by atoms with Crippen LogP contribution in [0.15, 0.2) is 71.6 Å². The van der Waals surface area contributed by atoms with E-state index in [9.17, 15) is 8.42 Å². The Labute approximate surface area is 177 Å². The molecule has 6 heteroatoms. The number of unbranched alkanes of at least 4 members (excludes halogenated alkanes) is 1. The first kappa shape index (κ1) is 20.2. The molecular formula is C24H25N3O2S. The van der Waals surface area contributed by atoms with Crippen molar-refractivity contribution in [2.24, 2.45) is 0 Å². The summed E-state index contributed by atoms with van der Waals surface area (Å²) >= 11 is 0. The number of rotatable bonds is 7. The van der Waals surface area contributed by atoms with Gasteiger partial charge in [-0.25, -0.2) is 13.4 Å². The Kier molecular flexibility index (Phi) is 5.59. The molecule has 30 heavy (non-hydrogen) atoms. The predicted molar refractivity (Wildman–Crippen MR) is 122 cm³/mol. The number of aromatic nitrogens is 2. The monoisotopic (exact) mass is 419 g/mol. The highest BCUT2D eigenvalue weighted by Gasteiger charge is 2.17. The summed E-state index contributed by atoms with van der Waals surface area (Å²) < 4.78 is 28.7. The van der Waals surface area contributed by atoms with Crippen LogP contribution in [0, 0.1) is 6.92 Å². The van der Waals surface area contributed by atoms with E-state index in [1.807, 2.05) is 49.4 Å². The molecule has 0 aliphatic heterocycles. The fourth-order valence-corrected chi connectivity index (χ4v) is 4.63. The lowest BCUT2D eigenvalue weighted by Gasteiger charge is -2.12. The Morgan fingerprint density at radius 2 is 1.80 bits per heavy atom. The number of sulfonamides is 1. The molecule has 0 bridgehead atoms. The fraction of sp³-hybridized carbons (Fsp3) is 0.208. The van der Waals surface area contributed by atoms with Gasteiger partial charge in [-0.05, 0) is 55.2 Å². The highest BCUT2D eigenvalue weighted by atomic mass is 32.2. The summed E-state index contributed by atoms with van der Waals surface area (Å²) in [6.07, 6.45) is 3.26. The molecule has 3 aromatic carbocycles. The molecule has 0 saturated carbocycles. The quantitative estimate of drug-likeness (QED) is 0.404. The van der Waals surface area contributed by atoms with Crippen LogP contribution in [0.3, 0.4) is 0 Å². The number of aromatic amines is 1. The highest BCUT2D eigenvalue weighted by molar-refractivity contribution is 7.92. The number of fused-ring (bicyclic) bond motifs is 1. The number of anilines is 1. The fourth-order valence-electron chi connectivity index (χ4n) is 3.47. The third-order valence-corrected chi connectivity index (χ3v) is 6.53. The number of H-pyrrole nitrogens is 1. The molecular weight excluding hydrogens is 394 g/mol. The molecule has 1 aromatic heterocycles. The van der Waals surface area contributed by atoms with Gasteiger partial charge in [-0.3, -0.25) is 4.72 Å². The van der Waals surface area contributed by atoms with Gasteiger partial charge in [0, 0.05) is 5.56 Å². The normalized spacial score (nSPS) is 11.7. The lowest BCUT2D eigenvalue weighted by Crippen LogP contribution is -2.13. The van der Waals surface area contributed by atoms with Crippen LogP contribution in [-0.2, 0) is 16.4 Å². The topological polar surface area (TPSA) is 74.8 Å². The van der Waals surface area contributed by atoms with Crippen molar-refractivity contribution >= 4 is 26.7 Å². The van der Waals surface area contributed by atoms with Crippen molar-refractivity contribution in [1.29, 1.82) is 0 Å². The molecule has 0 aliphatic carbocycles. The molecule has 0 spiro atoms. The molecule has 0 atom stereocenters. The first-order valence-electron chi connectivity index (χ1n) is 10.1. The molecule has 5 nitrogen and oxygen atoms in total. The second kappa shape index (κ2) is 8.32. The summed E-state index contributed by atoms with van der Waals surface area (Å²) in [7, 11) is -3.71. The predicted octanol–water partition coefficient (Wildman–Crippen LogP) is 5.68. The van der Waals surface area contributed by atoms with Crippen LogP contribution in [-0.4, -0.2) is 18.4 Å². The Morgan fingerprint density at radius 1 is 1.00 bits per heavy atom. The molecule has 4 rings (SSSR count). The van der Waals surface area contributed by atoms with Gasteiger partial charge in [0.1, 0.15) is 5.82 Å². The smallest absolute Gasteiger partial charge is 0.261 e. The van der Waals surface area contributed by atoms with Gasteiger partial charge < -0.3 is 4.98 Å². The zero-order chi connectivity index (χ0) is 21.1. The Hall–Kier alpha value is -3.12. The van der Waals surface area contributed by atoms with E-state index in [1.165, 1.54) is 5.56 Å². The first-order valence-corrected chi connectivity index (χ1v) is 11.6. The lowest BCUT2D eigenvalue weighted by atomic mass is 10.1. The largest absolute Gasteiger partial charge is 0.338 e. The first-order chi connectivity index (χ1) is 14.5. The molecule has 0 unspecified atom stereocenters. The molecule has 154 valence electrons. The maximum absolute atomic E-state index is 13.0. The SMILES string of the molecule is CCCCc1ccc(NS(=O)(=O)c2ccc3nc(-c4ccccc4)[nH]c3c2)c(C)c1. The lowest BCUT2D eigenvalue weighted by molar-refractivity contribution is 0.601. The molecule has 2 N–H and O–H groups in total. The number of hydrogen-bond donors (Lipinski definition) is 2. The van der Waals surface area contributed by atoms with Crippen LogP contribution in [0.5, 0.6) is 0 Å². The second-order valence-corrected chi connectivity index (χ2v) is 9.17. The van der Waals surface area contributed by atoms with Crippen LogP contribution in [0.1, 0.15) is 30.9 Å². The third-order valence-electron chi connectivity index (χ3n) is 5.17. The summed E-state index contributed by atoms with van der Waals surface area (Å²) in [5, 5.41) is 0. The van der Waals surface area contributed by atoms with E-state index in [4.69, 9.17) is 0 Å². The van der Waals surface area contributed by atoms with E-state index >= 15 is 0 Å². The second-order valence-electron chi connectivity index (χ2n) is 7.49. The zero-order valence-corrected chi connectivity index (χ0v) is 18.0. The van der Waals surface area contributed by atoms with Crippen LogP contribution in [0.4, 0.5) is 5.69 Å². The average molecular weight is 420 g/mol. The van der Waals surface area contributed by atoms with E-state index < -0.39 is 10.0 Å². The third kappa shape index (κ3) is 4.24. The maximum Gasteiger partial charge on any atom is 0.261 e. The Bertz CT molecular complexity index is 1280. The van der Waals surface area contributed by atoms with E-state index in [0.29, 0.717) is 17.0 Å². The molecule has 0 fully saturated rings. The van der Waals surface area contributed by atoms with Gasteiger partial charge in [-0.15, -0.1) is 0 Å². The van der Waals surface area contributed by atoms with Crippen molar-refractivity contribution in [3.63, 3.8) is 0 Å². The minimum atomic E-state index is -3.71. The van der Waals surface area contributed by atoms with Gasteiger partial charge in [-0.2, -0.15) is 0 Å². The van der Waals surface area contributed by atoms with Crippen LogP contribution >= 0.6 is 0 Å². The van der Waals surface area contributed by atoms with Gasteiger partial charge in [0.25, 0.3) is 10.0 Å². The van der Waals surface area contributed by atoms with Gasteiger partial charge in [-0.1, -0.05) is 55.8 Å². The summed E-state index contributed by atoms with van der Waals surface area (Å²) in [5.74, 6) is 0.714. The van der Waals surface area contributed by atoms with Gasteiger partial charge in [0.15, 0.2) is 0 Å². The average Bonchev–Trinajstić information content (AvgIpc) is 3.18. The molecule has 0 amide bonds. The minimum Gasteiger partial charge on any atom is -0.338 e. The molecule has 0 saturated heterocycles. The van der Waals surface area contributed by atoms with Crippen LogP contribution < -0.4 is 4.72 Å². The number of aryl methyl sites for hydroxylation is 2. The summed E-state index contributed by atoms with van der Waals surface area (Å²) in [6, 6.07) is 20.6. The van der Waals surface area contributed by atoms with E-state index in [2.05, 4.69) is 27.7 Å². The zero-order valence-electron chi connectivity index (χ0n) is 17.1. The van der Waals surface area contributed by atoms with Crippen molar-refractivity contribution < 1.29 is 8.42 Å². The van der Waals surface area contributed by atoms with Crippen molar-refractivity contribution in [3.05, 3.63) is 77.9 Å². The minimum absolute atomic E-state index is 0.202.